The summed E-state index contributed by atoms with van der Waals surface area (Å²) in [6.45, 7) is 2.88. The minimum atomic E-state index is -4.55. The van der Waals surface area contributed by atoms with Crippen LogP contribution in [0.3, 0.4) is 0 Å². The summed E-state index contributed by atoms with van der Waals surface area (Å²) < 4.78 is 51.7. The Morgan fingerprint density at radius 3 is 2.30 bits per heavy atom. The van der Waals surface area contributed by atoms with Crippen LogP contribution in [0.2, 0.25) is 0 Å². The highest BCUT2D eigenvalue weighted by Gasteiger charge is 2.45. The lowest BCUT2D eigenvalue weighted by Crippen LogP contribution is -2.47. The SMILES string of the molecule is O=C(NCC(F)(F)F)OC1(CCCCN2CCN(c3ccc4cc(Br)ccc4n3)CC2)c2ccccc2Oc2ccccc21. The quantitative estimate of drug-likeness (QED) is 0.195. The summed E-state index contributed by atoms with van der Waals surface area (Å²) in [5.41, 5.74) is 0.902. The Kier molecular flexibility index (Phi) is 8.68. The molecule has 1 aromatic heterocycles. The van der Waals surface area contributed by atoms with Crippen molar-refractivity contribution >= 4 is 38.7 Å². The molecule has 0 unspecified atom stereocenters. The van der Waals surface area contributed by atoms with E-state index in [-0.39, 0.29) is 0 Å². The molecule has 11 heteroatoms. The molecule has 7 nitrogen and oxygen atoms in total. The van der Waals surface area contributed by atoms with E-state index < -0.39 is 24.4 Å². The summed E-state index contributed by atoms with van der Waals surface area (Å²) in [5, 5.41) is 2.97. The molecule has 3 aromatic carbocycles. The molecule has 0 radical (unpaired) electrons. The molecule has 1 N–H and O–H groups in total. The first kappa shape index (κ1) is 30.2. The number of benzene rings is 3. The molecule has 6 rings (SSSR count). The van der Waals surface area contributed by atoms with Gasteiger partial charge in [-0.05, 0) is 68.3 Å². The zero-order chi connectivity index (χ0) is 30.7. The van der Waals surface area contributed by atoms with Crippen LogP contribution < -0.4 is 15.0 Å². The number of nitrogens with one attached hydrogen (secondary N) is 1. The molecule has 0 bridgehead atoms. The molecule has 2 aliphatic rings. The predicted molar refractivity (Wildman–Crippen MR) is 166 cm³/mol. The number of piperazine rings is 1. The zero-order valence-electron chi connectivity index (χ0n) is 23.9. The number of carbonyl (C=O) groups is 1. The number of halogens is 4. The van der Waals surface area contributed by atoms with Crippen molar-refractivity contribution in [3.8, 4) is 11.5 Å². The van der Waals surface area contributed by atoms with Crippen LogP contribution >= 0.6 is 15.9 Å². The van der Waals surface area contributed by atoms with Gasteiger partial charge in [-0.3, -0.25) is 4.90 Å². The van der Waals surface area contributed by atoms with E-state index in [4.69, 9.17) is 14.5 Å². The Bertz CT molecular complexity index is 1600. The van der Waals surface area contributed by atoms with Crippen LogP contribution in [-0.4, -0.2) is 61.4 Å². The predicted octanol–water partition coefficient (Wildman–Crippen LogP) is 7.63. The third-order valence-electron chi connectivity index (χ3n) is 8.15. The van der Waals surface area contributed by atoms with Gasteiger partial charge >= 0.3 is 12.3 Å². The second-order valence-electron chi connectivity index (χ2n) is 11.1. The maximum atomic E-state index is 12.9. The molecule has 3 heterocycles. The van der Waals surface area contributed by atoms with Gasteiger partial charge in [0.2, 0.25) is 0 Å². The molecule has 44 heavy (non-hydrogen) atoms. The van der Waals surface area contributed by atoms with Gasteiger partial charge in [-0.2, -0.15) is 13.2 Å². The highest BCUT2D eigenvalue weighted by atomic mass is 79.9. The maximum Gasteiger partial charge on any atom is 0.408 e. The Morgan fingerprint density at radius 2 is 1.61 bits per heavy atom. The number of alkyl halides is 3. The number of alkyl carbamates (subject to hydrolysis) is 1. The number of anilines is 1. The van der Waals surface area contributed by atoms with E-state index in [0.29, 0.717) is 35.5 Å². The molecule has 1 amide bonds. The van der Waals surface area contributed by atoms with Crippen LogP contribution in [-0.2, 0) is 10.3 Å². The number of hydrogen-bond donors (Lipinski definition) is 1. The Morgan fingerprint density at radius 1 is 0.932 bits per heavy atom. The number of nitrogens with zero attached hydrogens (tertiary/aromatic N) is 3. The van der Waals surface area contributed by atoms with Crippen molar-refractivity contribution < 1.29 is 27.4 Å². The first-order valence-electron chi connectivity index (χ1n) is 14.6. The number of para-hydroxylation sites is 2. The van der Waals surface area contributed by atoms with Gasteiger partial charge in [-0.1, -0.05) is 52.3 Å². The van der Waals surface area contributed by atoms with Gasteiger partial charge in [0.05, 0.1) is 5.52 Å². The van der Waals surface area contributed by atoms with Crippen molar-refractivity contribution in [2.75, 3.05) is 44.2 Å². The molecule has 1 saturated heterocycles. The van der Waals surface area contributed by atoms with Crippen LogP contribution in [0.15, 0.2) is 83.3 Å². The van der Waals surface area contributed by atoms with Gasteiger partial charge < -0.3 is 19.7 Å². The van der Waals surface area contributed by atoms with Crippen LogP contribution in [0.5, 0.6) is 11.5 Å². The first-order chi connectivity index (χ1) is 21.2. The van der Waals surface area contributed by atoms with Gasteiger partial charge in [0.15, 0.2) is 5.60 Å². The van der Waals surface area contributed by atoms with Crippen LogP contribution in [0.25, 0.3) is 10.9 Å². The summed E-state index contributed by atoms with van der Waals surface area (Å²) >= 11 is 3.51. The van der Waals surface area contributed by atoms with E-state index in [1.165, 1.54) is 0 Å². The fraction of sp³-hybridized carbons (Fsp3) is 0.333. The van der Waals surface area contributed by atoms with Crippen LogP contribution in [0, 0.1) is 0 Å². The van der Waals surface area contributed by atoms with Crippen molar-refractivity contribution in [3.05, 3.63) is 94.5 Å². The van der Waals surface area contributed by atoms with Gasteiger partial charge in [0, 0.05) is 47.2 Å². The molecule has 4 aromatic rings. The molecule has 0 aliphatic carbocycles. The molecule has 2 aliphatic heterocycles. The van der Waals surface area contributed by atoms with E-state index in [1.807, 2.05) is 41.7 Å². The van der Waals surface area contributed by atoms with Gasteiger partial charge in [-0.25, -0.2) is 9.78 Å². The lowest BCUT2D eigenvalue weighted by Gasteiger charge is -2.40. The fourth-order valence-electron chi connectivity index (χ4n) is 6.01. The topological polar surface area (TPSA) is 66.9 Å². The summed E-state index contributed by atoms with van der Waals surface area (Å²) in [6.07, 6.45) is -3.79. The average Bonchev–Trinajstić information content (AvgIpc) is 3.02. The van der Waals surface area contributed by atoms with E-state index in [2.05, 4.69) is 43.9 Å². The standard InChI is InChI=1S/C33H32BrF3N4O3/c34-24-12-13-27-23(21-24)11-14-30(39-27)41-19-17-40(18-20-41)16-6-5-15-32(44-31(42)38-22-33(35,36)37)25-7-1-3-9-28(25)43-29-10-4-2-8-26(29)32/h1-4,7-14,21H,5-6,15-20,22H2,(H,38,42). The van der Waals surface area contributed by atoms with Crippen LogP contribution in [0.1, 0.15) is 30.4 Å². The van der Waals surface area contributed by atoms with Crippen molar-refractivity contribution in [1.82, 2.24) is 15.2 Å². The van der Waals surface area contributed by atoms with Gasteiger partial charge in [0.1, 0.15) is 23.9 Å². The Balaban J connectivity index is 1.11. The largest absolute Gasteiger partial charge is 0.456 e. The summed E-state index contributed by atoms with van der Waals surface area (Å²) in [7, 11) is 0. The van der Waals surface area contributed by atoms with E-state index in [1.54, 1.807) is 24.3 Å². The Hall–Kier alpha value is -3.83. The summed E-state index contributed by atoms with van der Waals surface area (Å²) in [4.78, 5) is 22.4. The maximum absolute atomic E-state index is 12.9. The summed E-state index contributed by atoms with van der Waals surface area (Å²) in [6, 6.07) is 24.7. The molecule has 230 valence electrons. The number of fused-ring (bicyclic) bond motifs is 3. The molecule has 1 fully saturated rings. The smallest absolute Gasteiger partial charge is 0.408 e. The van der Waals surface area contributed by atoms with Gasteiger partial charge in [-0.15, -0.1) is 0 Å². The number of rotatable bonds is 8. The fourth-order valence-corrected chi connectivity index (χ4v) is 6.39. The summed E-state index contributed by atoms with van der Waals surface area (Å²) in [5.74, 6) is 2.00. The zero-order valence-corrected chi connectivity index (χ0v) is 25.5. The number of unbranched alkanes of at least 4 members (excludes halogenated alkanes) is 1. The third-order valence-corrected chi connectivity index (χ3v) is 8.64. The number of amides is 1. The number of hydrogen-bond acceptors (Lipinski definition) is 6. The van der Waals surface area contributed by atoms with E-state index >= 15 is 0 Å². The molecule has 0 saturated carbocycles. The second kappa shape index (κ2) is 12.6. The van der Waals surface area contributed by atoms with Crippen molar-refractivity contribution in [2.45, 2.75) is 31.0 Å². The lowest BCUT2D eigenvalue weighted by atomic mass is 9.79. The van der Waals surface area contributed by atoms with E-state index in [9.17, 15) is 18.0 Å². The lowest BCUT2D eigenvalue weighted by molar-refractivity contribution is -0.124. The third kappa shape index (κ3) is 6.63. The molecular formula is C33H32BrF3N4O3. The monoisotopic (exact) mass is 668 g/mol. The van der Waals surface area contributed by atoms with Gasteiger partial charge in [0.25, 0.3) is 0 Å². The normalized spacial score (nSPS) is 16.1. The second-order valence-corrected chi connectivity index (χ2v) is 12.0. The molecule has 0 spiro atoms. The average molecular weight is 670 g/mol. The number of aromatic nitrogens is 1. The van der Waals surface area contributed by atoms with E-state index in [0.717, 1.165) is 60.3 Å². The minimum absolute atomic E-state index is 0.390. The minimum Gasteiger partial charge on any atom is -0.456 e. The highest BCUT2D eigenvalue weighted by molar-refractivity contribution is 9.10. The number of carbonyl (C=O) groups excluding carboxylic acids is 1. The molecular weight excluding hydrogens is 637 g/mol. The first-order valence-corrected chi connectivity index (χ1v) is 15.4. The van der Waals surface area contributed by atoms with Crippen molar-refractivity contribution in [3.63, 3.8) is 0 Å². The molecule has 0 atom stereocenters. The number of pyridine rings is 1. The highest BCUT2D eigenvalue weighted by Crippen LogP contribution is 2.51. The Labute approximate surface area is 262 Å². The van der Waals surface area contributed by atoms with Crippen molar-refractivity contribution in [1.29, 1.82) is 0 Å². The van der Waals surface area contributed by atoms with Crippen molar-refractivity contribution in [2.24, 2.45) is 0 Å². The number of ether oxygens (including phenoxy) is 2. The van der Waals surface area contributed by atoms with Crippen LogP contribution in [0.4, 0.5) is 23.8 Å².